The molecule has 1 aromatic carbocycles. The molecule has 7 nitrogen and oxygen atoms in total. The Hall–Kier alpha value is -1.64. The topological polar surface area (TPSA) is 79.0 Å². The van der Waals surface area contributed by atoms with E-state index in [1.807, 2.05) is 0 Å². The second kappa shape index (κ2) is 9.91. The minimum atomic E-state index is -3.50. The van der Waals surface area contributed by atoms with Crippen molar-refractivity contribution in [3.63, 3.8) is 0 Å². The van der Waals surface area contributed by atoms with Crippen LogP contribution in [0.1, 0.15) is 46.0 Å². The van der Waals surface area contributed by atoms with Crippen LogP contribution in [-0.4, -0.2) is 68.4 Å². The molecule has 2 fully saturated rings. The van der Waals surface area contributed by atoms with E-state index in [1.54, 1.807) is 31.2 Å². The summed E-state index contributed by atoms with van der Waals surface area (Å²) in [5.74, 6) is 0.369. The molecule has 0 bridgehead atoms. The number of benzene rings is 1. The van der Waals surface area contributed by atoms with Gasteiger partial charge in [-0.15, -0.1) is 0 Å². The summed E-state index contributed by atoms with van der Waals surface area (Å²) >= 11 is 0. The fraction of sp³-hybridized carbons (Fsp3) is 0.667. The van der Waals surface area contributed by atoms with Crippen LogP contribution in [0.4, 0.5) is 0 Å². The largest absolute Gasteiger partial charge is 0.481 e. The van der Waals surface area contributed by atoms with Gasteiger partial charge in [0, 0.05) is 32.2 Å². The average Bonchev–Trinajstić information content (AvgIpc) is 2.75. The number of sulfonamides is 1. The third-order valence-corrected chi connectivity index (χ3v) is 7.79. The van der Waals surface area contributed by atoms with Crippen molar-refractivity contribution in [3.8, 4) is 5.75 Å². The molecule has 1 aromatic rings. The van der Waals surface area contributed by atoms with Crippen molar-refractivity contribution >= 4 is 15.9 Å². The van der Waals surface area contributed by atoms with Gasteiger partial charge in [-0.25, -0.2) is 8.42 Å². The van der Waals surface area contributed by atoms with Gasteiger partial charge in [0.15, 0.2) is 6.10 Å². The smallest absolute Gasteiger partial charge is 0.260 e. The van der Waals surface area contributed by atoms with Gasteiger partial charge >= 0.3 is 0 Å². The summed E-state index contributed by atoms with van der Waals surface area (Å²) in [5.41, 5.74) is 0. The quantitative estimate of drug-likeness (QED) is 0.728. The van der Waals surface area contributed by atoms with Crippen molar-refractivity contribution in [1.82, 2.24) is 14.5 Å². The molecular weight excluding hydrogens is 390 g/mol. The first-order valence-electron chi connectivity index (χ1n) is 10.7. The van der Waals surface area contributed by atoms with Gasteiger partial charge in [-0.3, -0.25) is 4.79 Å². The number of likely N-dealkylation sites (N-methyl/N-ethyl adjacent to an activating group) is 1. The summed E-state index contributed by atoms with van der Waals surface area (Å²) in [6.45, 7) is 7.26. The van der Waals surface area contributed by atoms with Gasteiger partial charge < -0.3 is 15.0 Å². The van der Waals surface area contributed by atoms with Crippen molar-refractivity contribution in [2.75, 3.05) is 32.7 Å². The normalized spacial score (nSPS) is 20.9. The minimum Gasteiger partial charge on any atom is -0.481 e. The molecule has 1 atom stereocenters. The molecule has 1 aliphatic heterocycles. The van der Waals surface area contributed by atoms with Crippen molar-refractivity contribution in [3.05, 3.63) is 24.3 Å². The van der Waals surface area contributed by atoms with E-state index in [0.29, 0.717) is 18.8 Å². The molecule has 162 valence electrons. The number of ether oxygens (including phenoxy) is 1. The number of rotatable bonds is 7. The molecule has 0 aromatic heterocycles. The highest BCUT2D eigenvalue weighted by Gasteiger charge is 2.28. The number of hydrogen-bond acceptors (Lipinski definition) is 5. The molecular formula is C21H33N3O4S. The Morgan fingerprint density at radius 3 is 2.31 bits per heavy atom. The van der Waals surface area contributed by atoms with Gasteiger partial charge in [0.25, 0.3) is 5.91 Å². The van der Waals surface area contributed by atoms with Crippen LogP contribution in [0.2, 0.25) is 0 Å². The number of carbonyl (C=O) groups excluding carboxylic acids is 1. The lowest BCUT2D eigenvalue weighted by atomic mass is 9.95. The van der Waals surface area contributed by atoms with Crippen molar-refractivity contribution in [2.45, 2.75) is 63.0 Å². The van der Waals surface area contributed by atoms with Crippen LogP contribution in [0.15, 0.2) is 29.2 Å². The lowest BCUT2D eigenvalue weighted by Gasteiger charge is -2.33. The Labute approximate surface area is 174 Å². The first kappa shape index (κ1) is 22.1. The third-order valence-electron chi connectivity index (χ3n) is 5.87. The fourth-order valence-corrected chi connectivity index (χ4v) is 5.37. The number of carbonyl (C=O) groups is 1. The van der Waals surface area contributed by atoms with E-state index in [4.69, 9.17) is 4.74 Å². The molecule has 8 heteroatoms. The van der Waals surface area contributed by atoms with Crippen molar-refractivity contribution < 1.29 is 17.9 Å². The summed E-state index contributed by atoms with van der Waals surface area (Å²) in [6, 6.07) is 6.60. The zero-order valence-electron chi connectivity index (χ0n) is 17.5. The molecule has 3 rings (SSSR count). The maximum Gasteiger partial charge on any atom is 0.260 e. The molecule has 0 radical (unpaired) electrons. The second-order valence-corrected chi connectivity index (χ2v) is 9.85. The van der Waals surface area contributed by atoms with Gasteiger partial charge in [0.2, 0.25) is 10.0 Å². The first-order chi connectivity index (χ1) is 13.9. The Morgan fingerprint density at radius 1 is 1.10 bits per heavy atom. The number of nitrogens with one attached hydrogen (secondary N) is 1. The van der Waals surface area contributed by atoms with E-state index in [1.165, 1.54) is 10.7 Å². The van der Waals surface area contributed by atoms with Gasteiger partial charge in [-0.05, 0) is 50.6 Å². The first-order valence-corrected chi connectivity index (χ1v) is 12.1. The monoisotopic (exact) mass is 423 g/mol. The number of hydrogen-bond donors (Lipinski definition) is 1. The van der Waals surface area contributed by atoms with Crippen LogP contribution in [0, 0.1) is 0 Å². The molecule has 29 heavy (non-hydrogen) atoms. The summed E-state index contributed by atoms with van der Waals surface area (Å²) in [4.78, 5) is 14.9. The summed E-state index contributed by atoms with van der Waals surface area (Å²) in [7, 11) is -3.50. The molecule has 1 saturated carbocycles. The standard InChI is InChI=1S/C21H33N3O4S/c1-3-23-13-15-24(16-14-23)29(26,27)20-11-9-19(10-12-20)28-17(2)21(25)22-18-7-5-4-6-8-18/h9-12,17-18H,3-8,13-16H2,1-2H3,(H,22,25)/t17-/m0/s1. The summed E-state index contributed by atoms with van der Waals surface area (Å²) < 4.78 is 33.0. The van der Waals surface area contributed by atoms with Gasteiger partial charge in [-0.2, -0.15) is 4.31 Å². The Kier molecular flexibility index (Phi) is 7.54. The molecule has 1 aliphatic carbocycles. The zero-order valence-corrected chi connectivity index (χ0v) is 18.3. The molecule has 1 amide bonds. The van der Waals surface area contributed by atoms with E-state index < -0.39 is 16.1 Å². The van der Waals surface area contributed by atoms with Crippen molar-refractivity contribution in [1.29, 1.82) is 0 Å². The van der Waals surface area contributed by atoms with Crippen LogP contribution >= 0.6 is 0 Å². The van der Waals surface area contributed by atoms with Gasteiger partial charge in [0.05, 0.1) is 4.90 Å². The highest BCUT2D eigenvalue weighted by Crippen LogP contribution is 2.22. The Balaban J connectivity index is 1.55. The van der Waals surface area contributed by atoms with Crippen LogP contribution in [0.25, 0.3) is 0 Å². The van der Waals surface area contributed by atoms with E-state index in [9.17, 15) is 13.2 Å². The lowest BCUT2D eigenvalue weighted by molar-refractivity contribution is -0.128. The molecule has 1 saturated heterocycles. The highest BCUT2D eigenvalue weighted by atomic mass is 32.2. The maximum atomic E-state index is 12.8. The predicted octanol–water partition coefficient (Wildman–Crippen LogP) is 2.23. The molecule has 2 aliphatic rings. The SMILES string of the molecule is CCN1CCN(S(=O)(=O)c2ccc(O[C@@H](C)C(=O)NC3CCCCC3)cc2)CC1. The van der Waals surface area contributed by atoms with E-state index in [-0.39, 0.29) is 16.8 Å². The maximum absolute atomic E-state index is 12.8. The summed E-state index contributed by atoms with van der Waals surface area (Å²) in [6.07, 6.45) is 4.98. The van der Waals surface area contributed by atoms with E-state index >= 15 is 0 Å². The average molecular weight is 424 g/mol. The summed E-state index contributed by atoms with van der Waals surface area (Å²) in [5, 5.41) is 3.06. The Bertz CT molecular complexity index is 768. The zero-order chi connectivity index (χ0) is 20.9. The third kappa shape index (κ3) is 5.71. The van der Waals surface area contributed by atoms with Crippen LogP contribution < -0.4 is 10.1 Å². The van der Waals surface area contributed by atoms with Crippen LogP contribution in [-0.2, 0) is 14.8 Å². The van der Waals surface area contributed by atoms with E-state index in [2.05, 4.69) is 17.1 Å². The number of amides is 1. The Morgan fingerprint density at radius 2 is 1.72 bits per heavy atom. The van der Waals surface area contributed by atoms with E-state index in [0.717, 1.165) is 45.3 Å². The van der Waals surface area contributed by atoms with Crippen molar-refractivity contribution in [2.24, 2.45) is 0 Å². The van der Waals surface area contributed by atoms with Crippen LogP contribution in [0.3, 0.4) is 0 Å². The predicted molar refractivity (Wildman–Crippen MR) is 112 cm³/mol. The van der Waals surface area contributed by atoms with Gasteiger partial charge in [0.1, 0.15) is 5.75 Å². The molecule has 1 N–H and O–H groups in total. The highest BCUT2D eigenvalue weighted by molar-refractivity contribution is 7.89. The minimum absolute atomic E-state index is 0.123. The molecule has 1 heterocycles. The molecule has 0 unspecified atom stereocenters. The fourth-order valence-electron chi connectivity index (χ4n) is 3.95. The number of piperazine rings is 1. The van der Waals surface area contributed by atoms with Gasteiger partial charge in [-0.1, -0.05) is 26.2 Å². The van der Waals surface area contributed by atoms with Crippen LogP contribution in [0.5, 0.6) is 5.75 Å². The number of nitrogens with zero attached hydrogens (tertiary/aromatic N) is 2. The lowest BCUT2D eigenvalue weighted by Crippen LogP contribution is -2.48. The second-order valence-electron chi connectivity index (χ2n) is 7.91. The molecule has 0 spiro atoms.